The molecule has 9 heteroatoms. The van der Waals surface area contributed by atoms with Crippen LogP contribution in [-0.2, 0) is 0 Å². The molecule has 0 aromatic heterocycles. The molecule has 0 radical (unpaired) electrons. The monoisotopic (exact) mass is 443 g/mol. The number of hydrogen-bond donors (Lipinski definition) is 1. The van der Waals surface area contributed by atoms with E-state index in [9.17, 15) is 20.6 Å². The average Bonchev–Trinajstić information content (AvgIpc) is 3.32. The van der Waals surface area contributed by atoms with Crippen LogP contribution in [0.2, 0.25) is 0 Å². The fourth-order valence-electron chi connectivity index (χ4n) is 4.36. The Morgan fingerprint density at radius 3 is 2.13 bits per heavy atom. The van der Waals surface area contributed by atoms with E-state index in [1.54, 1.807) is 35.7 Å². The summed E-state index contributed by atoms with van der Waals surface area (Å²) in [6.07, 6.45) is 4.02. The number of nitrogens with two attached hydrogens (primary N) is 1. The van der Waals surface area contributed by atoms with Gasteiger partial charge in [-0.15, -0.1) is 23.5 Å². The normalized spacial score (nSPS) is 28.1. The van der Waals surface area contributed by atoms with Crippen molar-refractivity contribution in [1.82, 2.24) is 0 Å². The molecule has 0 spiro atoms. The molecule has 1 heterocycles. The molecule has 7 nitrogen and oxygen atoms in total. The summed E-state index contributed by atoms with van der Waals surface area (Å²) >= 11 is 3.23. The van der Waals surface area contributed by atoms with Gasteiger partial charge in [-0.2, -0.15) is 10.5 Å². The van der Waals surface area contributed by atoms with Gasteiger partial charge in [-0.3, -0.25) is 10.1 Å². The van der Waals surface area contributed by atoms with Gasteiger partial charge in [0.15, 0.2) is 4.20 Å². The Bertz CT molecular complexity index is 926. The summed E-state index contributed by atoms with van der Waals surface area (Å²) in [7, 11) is 0. The third-order valence-electron chi connectivity index (χ3n) is 5.96. The van der Waals surface area contributed by atoms with Crippen LogP contribution in [0.15, 0.2) is 29.3 Å². The van der Waals surface area contributed by atoms with E-state index < -0.39 is 25.9 Å². The van der Waals surface area contributed by atoms with Gasteiger partial charge < -0.3 is 5.73 Å². The number of nitro benzene ring substituents is 1. The third kappa shape index (κ3) is 2.99. The lowest BCUT2D eigenvalue weighted by atomic mass is 9.97. The number of hydrogen-bond acceptors (Lipinski definition) is 8. The van der Waals surface area contributed by atoms with Crippen molar-refractivity contribution in [2.75, 3.05) is 11.5 Å². The Morgan fingerprint density at radius 1 is 1.13 bits per heavy atom. The number of non-ortho nitro benzene ring substituents is 1. The molecule has 0 amide bonds. The molecule has 30 heavy (non-hydrogen) atoms. The molecule has 2 aliphatic rings. The van der Waals surface area contributed by atoms with Crippen LogP contribution in [-0.4, -0.2) is 26.5 Å². The highest BCUT2D eigenvalue weighted by atomic mass is 32.2. The highest BCUT2D eigenvalue weighted by Crippen LogP contribution is 2.85. The second kappa shape index (κ2) is 8.49. The van der Waals surface area contributed by atoms with Gasteiger partial charge in [0.1, 0.15) is 16.7 Å². The minimum Gasteiger partial charge on any atom is -0.386 e. The van der Waals surface area contributed by atoms with Gasteiger partial charge in [0.25, 0.3) is 5.69 Å². The van der Waals surface area contributed by atoms with Crippen LogP contribution in [0.1, 0.15) is 51.0 Å². The zero-order valence-corrected chi connectivity index (χ0v) is 18.8. The second-order valence-corrected chi connectivity index (χ2v) is 10.4. The molecule has 1 saturated carbocycles. The van der Waals surface area contributed by atoms with Gasteiger partial charge in [0.05, 0.1) is 17.1 Å². The van der Waals surface area contributed by atoms with E-state index in [2.05, 4.69) is 26.0 Å². The standard InChI is InChI=1S/C21H25N5O2S2/c1-3-5-11-29-21(30-12-6-4-2)20(14-23)17(19(20,13-22)18(24)25-21)15-7-9-16(10-8-15)26(27)28/h7-10,17H,3-6,11-12H2,1-2H3,(H2,24,25). The highest BCUT2D eigenvalue weighted by Gasteiger charge is 2.91. The van der Waals surface area contributed by atoms with Gasteiger partial charge >= 0.3 is 0 Å². The molecule has 1 aromatic rings. The lowest BCUT2D eigenvalue weighted by molar-refractivity contribution is -0.384. The quantitative estimate of drug-likeness (QED) is 0.238. The van der Waals surface area contributed by atoms with Crippen LogP contribution in [0.4, 0.5) is 5.69 Å². The van der Waals surface area contributed by atoms with Crippen LogP contribution in [0, 0.1) is 43.6 Å². The van der Waals surface area contributed by atoms with Gasteiger partial charge in [-0.05, 0) is 29.9 Å². The van der Waals surface area contributed by atoms with Crippen molar-refractivity contribution in [2.24, 2.45) is 21.6 Å². The van der Waals surface area contributed by atoms with Crippen molar-refractivity contribution in [3.63, 3.8) is 0 Å². The topological polar surface area (TPSA) is 129 Å². The maximum absolute atomic E-state index is 11.0. The van der Waals surface area contributed by atoms with Crippen LogP contribution in [0.3, 0.4) is 0 Å². The summed E-state index contributed by atoms with van der Waals surface area (Å²) in [5.74, 6) is 1.40. The van der Waals surface area contributed by atoms with Crippen LogP contribution in [0.5, 0.6) is 0 Å². The fourth-order valence-corrected chi connectivity index (χ4v) is 8.04. The van der Waals surface area contributed by atoms with Crippen molar-refractivity contribution in [3.05, 3.63) is 39.9 Å². The second-order valence-electron chi connectivity index (χ2n) is 7.60. The number of benzene rings is 1. The molecule has 1 aliphatic heterocycles. The summed E-state index contributed by atoms with van der Waals surface area (Å²) in [4.78, 5) is 15.3. The Kier molecular flexibility index (Phi) is 6.35. The largest absolute Gasteiger partial charge is 0.386 e. The van der Waals surface area contributed by atoms with Crippen molar-refractivity contribution in [1.29, 1.82) is 10.5 Å². The fraction of sp³-hybridized carbons (Fsp3) is 0.571. The van der Waals surface area contributed by atoms with E-state index >= 15 is 0 Å². The van der Waals surface area contributed by atoms with Crippen LogP contribution < -0.4 is 5.73 Å². The smallest absolute Gasteiger partial charge is 0.269 e. The number of aliphatic imine (C=N–C) groups is 1. The SMILES string of the molecule is CCCCSC1(SCCCC)N=C(N)C2(C#N)C(c3ccc([N+](=O)[O-])cc3)C12C#N. The number of nitriles is 2. The van der Waals surface area contributed by atoms with E-state index in [4.69, 9.17) is 10.7 Å². The summed E-state index contributed by atoms with van der Waals surface area (Å²) in [6.45, 7) is 4.22. The molecule has 1 aromatic carbocycles. The number of amidine groups is 1. The predicted octanol–water partition coefficient (Wildman–Crippen LogP) is 4.80. The first kappa shape index (κ1) is 22.5. The summed E-state index contributed by atoms with van der Waals surface area (Å²) < 4.78 is -0.849. The van der Waals surface area contributed by atoms with E-state index in [1.165, 1.54) is 12.1 Å². The Morgan fingerprint density at radius 2 is 1.70 bits per heavy atom. The first-order chi connectivity index (χ1) is 14.4. The van der Waals surface area contributed by atoms with Crippen LogP contribution in [0.25, 0.3) is 0 Å². The lowest BCUT2D eigenvalue weighted by Gasteiger charge is -2.32. The Labute approximate surface area is 185 Å². The molecule has 158 valence electrons. The van der Waals surface area contributed by atoms with E-state index in [0.717, 1.165) is 42.8 Å². The van der Waals surface area contributed by atoms with E-state index in [0.29, 0.717) is 0 Å². The molecule has 3 unspecified atom stereocenters. The number of unbranched alkanes of at least 4 members (excludes halogenated alkanes) is 2. The maximum atomic E-state index is 11.0. The maximum Gasteiger partial charge on any atom is 0.269 e. The Balaban J connectivity index is 2.08. The van der Waals surface area contributed by atoms with E-state index in [-0.39, 0.29) is 11.5 Å². The average molecular weight is 444 g/mol. The third-order valence-corrected chi connectivity index (χ3v) is 9.26. The van der Waals surface area contributed by atoms with E-state index in [1.807, 2.05) is 0 Å². The number of rotatable bonds is 10. The summed E-state index contributed by atoms with van der Waals surface area (Å²) in [5.41, 5.74) is 4.76. The molecule has 2 N–H and O–H groups in total. The molecule has 1 aliphatic carbocycles. The molecule has 3 atom stereocenters. The number of fused-ring (bicyclic) bond motifs is 1. The predicted molar refractivity (Wildman–Crippen MR) is 121 cm³/mol. The van der Waals surface area contributed by atoms with Gasteiger partial charge in [0, 0.05) is 18.1 Å². The van der Waals surface area contributed by atoms with Gasteiger partial charge in [0.2, 0.25) is 0 Å². The number of thioether (sulfide) groups is 2. The molecule has 0 bridgehead atoms. The van der Waals surface area contributed by atoms with Crippen molar-refractivity contribution in [2.45, 2.75) is 49.7 Å². The first-order valence-electron chi connectivity index (χ1n) is 10.1. The summed E-state index contributed by atoms with van der Waals surface area (Å²) in [6, 6.07) is 10.9. The zero-order valence-electron chi connectivity index (χ0n) is 17.1. The number of nitro groups is 1. The van der Waals surface area contributed by atoms with Gasteiger partial charge in [-0.1, -0.05) is 38.8 Å². The zero-order chi connectivity index (χ0) is 22.0. The molecular formula is C21H25N5O2S2. The van der Waals surface area contributed by atoms with Crippen molar-refractivity contribution >= 4 is 35.0 Å². The minimum atomic E-state index is -1.20. The van der Waals surface area contributed by atoms with Gasteiger partial charge in [-0.25, -0.2) is 4.99 Å². The van der Waals surface area contributed by atoms with Crippen LogP contribution >= 0.6 is 23.5 Å². The number of nitrogens with zero attached hydrogens (tertiary/aromatic N) is 4. The minimum absolute atomic E-state index is 0.0240. The summed E-state index contributed by atoms with van der Waals surface area (Å²) in [5, 5.41) is 31.7. The molecule has 0 saturated heterocycles. The van der Waals surface area contributed by atoms with Crippen molar-refractivity contribution in [3.8, 4) is 12.1 Å². The molecule has 3 rings (SSSR count). The molecular weight excluding hydrogens is 418 g/mol. The first-order valence-corrected chi connectivity index (χ1v) is 12.1. The molecule has 1 fully saturated rings. The lowest BCUT2D eigenvalue weighted by Crippen LogP contribution is -2.32. The van der Waals surface area contributed by atoms with Crippen molar-refractivity contribution < 1.29 is 4.92 Å². The highest BCUT2D eigenvalue weighted by molar-refractivity contribution is 8.18. The Hall–Kier alpha value is -2.23.